The number of nitrogens with zero attached hydrogens (tertiary/aromatic N) is 3. The second-order valence-electron chi connectivity index (χ2n) is 18.3. The Hall–Kier alpha value is -2.38. The quantitative estimate of drug-likeness (QED) is 0.180. The van der Waals surface area contributed by atoms with E-state index in [9.17, 15) is 13.2 Å². The highest BCUT2D eigenvalue weighted by Crippen LogP contribution is 2.41. The first kappa shape index (κ1) is 53.0. The first-order valence-electron chi connectivity index (χ1n) is 24.5. The maximum absolute atomic E-state index is 13.7. The third kappa shape index (κ3) is 15.4. The Kier molecular flexibility index (Phi) is 22.9. The normalized spacial score (nSPS) is 16.8. The van der Waals surface area contributed by atoms with Gasteiger partial charge in [0.15, 0.2) is 0 Å². The average Bonchev–Trinajstić information content (AvgIpc) is 3.23. The molecule has 3 aromatic carbocycles. The van der Waals surface area contributed by atoms with Crippen molar-refractivity contribution in [2.45, 2.75) is 197 Å². The summed E-state index contributed by atoms with van der Waals surface area (Å²) in [5.74, 6) is 0.813. The minimum Gasteiger partial charge on any atom is -0.299 e. The second kappa shape index (κ2) is 26.4. The summed E-state index contributed by atoms with van der Waals surface area (Å²) < 4.78 is 41.2. The van der Waals surface area contributed by atoms with E-state index in [1.165, 1.54) is 98.9 Å². The Balaban J connectivity index is 0.000000328. The van der Waals surface area contributed by atoms with E-state index in [-0.39, 0.29) is 11.5 Å². The summed E-state index contributed by atoms with van der Waals surface area (Å²) in [6.45, 7) is 34.5. The molecule has 0 aromatic heterocycles. The van der Waals surface area contributed by atoms with Crippen LogP contribution in [0.1, 0.15) is 213 Å². The number of halogens is 4. The molecule has 0 aliphatic carbocycles. The van der Waals surface area contributed by atoms with E-state index < -0.39 is 6.18 Å². The number of likely N-dealkylation sites (tertiary alicyclic amines) is 3. The lowest BCUT2D eigenvalue weighted by atomic mass is 9.83. The van der Waals surface area contributed by atoms with E-state index in [0.717, 1.165) is 56.0 Å². The largest absolute Gasteiger partial charge is 0.417 e. The highest BCUT2D eigenvalue weighted by molar-refractivity contribution is 6.31. The van der Waals surface area contributed by atoms with Gasteiger partial charge in [0.25, 0.3) is 0 Å². The van der Waals surface area contributed by atoms with E-state index in [0.29, 0.717) is 35.9 Å². The molecule has 61 heavy (non-hydrogen) atoms. The summed E-state index contributed by atoms with van der Waals surface area (Å²) >= 11 is 7.02. The van der Waals surface area contributed by atoms with Gasteiger partial charge in [-0.2, -0.15) is 13.2 Å². The van der Waals surface area contributed by atoms with Gasteiger partial charge in [-0.05, 0) is 177 Å². The molecule has 0 bridgehead atoms. The number of benzene rings is 3. The number of alkyl halides is 3. The molecular weight excluding hydrogens is 783 g/mol. The van der Waals surface area contributed by atoms with Crippen molar-refractivity contribution in [3.63, 3.8) is 0 Å². The summed E-state index contributed by atoms with van der Waals surface area (Å²) in [5, 5.41) is 0.959. The van der Waals surface area contributed by atoms with Gasteiger partial charge < -0.3 is 0 Å². The molecule has 3 saturated heterocycles. The molecule has 7 heteroatoms. The van der Waals surface area contributed by atoms with Crippen molar-refractivity contribution in [1.29, 1.82) is 0 Å². The summed E-state index contributed by atoms with van der Waals surface area (Å²) in [7, 11) is 0. The number of aryl methyl sites for hydroxylation is 2. The number of rotatable bonds is 12. The van der Waals surface area contributed by atoms with Crippen LogP contribution in [0.5, 0.6) is 0 Å². The zero-order valence-electron chi connectivity index (χ0n) is 40.7. The lowest BCUT2D eigenvalue weighted by Gasteiger charge is -2.30. The van der Waals surface area contributed by atoms with Crippen LogP contribution in [-0.2, 0) is 38.7 Å². The van der Waals surface area contributed by atoms with Crippen LogP contribution in [0, 0.1) is 6.92 Å². The molecule has 344 valence electrons. The van der Waals surface area contributed by atoms with Crippen molar-refractivity contribution in [2.75, 3.05) is 39.3 Å². The highest BCUT2D eigenvalue weighted by Gasteiger charge is 2.38. The maximum Gasteiger partial charge on any atom is 0.417 e. The third-order valence-electron chi connectivity index (χ3n) is 12.7. The molecule has 0 N–H and O–H groups in total. The molecule has 3 nitrogen and oxygen atoms in total. The van der Waals surface area contributed by atoms with E-state index in [1.54, 1.807) is 17.2 Å². The summed E-state index contributed by atoms with van der Waals surface area (Å²) in [6, 6.07) is 13.1. The standard InChI is InChI=1S/C32H47ClN2.C18H26F3N.2C2H6/c1-23(2)31-25(5)12-13-27(22-35-16-10-7-11-17-35)29(31)20-28-18-26(19-30(33)32(28)24(3)4)21-34-14-8-6-9-15-34;1-4-14-8-9-15(12-22-10-6-5-7-11-22)17(18(19,20)21)16(14)13(2)3;2*1-2/h12-13,18-19,23-24H,6-11,14-17,20-22H2,1-5H3;8-9,13H,4-7,10-12H2,1-3H3;2*1-2H3. The zero-order valence-corrected chi connectivity index (χ0v) is 41.4. The fourth-order valence-electron chi connectivity index (χ4n) is 10.0. The van der Waals surface area contributed by atoms with Gasteiger partial charge in [-0.1, -0.05) is 137 Å². The molecule has 0 saturated carbocycles. The first-order valence-corrected chi connectivity index (χ1v) is 24.9. The number of hydrogen-bond donors (Lipinski definition) is 0. The van der Waals surface area contributed by atoms with Gasteiger partial charge >= 0.3 is 6.18 Å². The molecule has 6 rings (SSSR count). The van der Waals surface area contributed by atoms with Gasteiger partial charge in [0.1, 0.15) is 0 Å². The lowest BCUT2D eigenvalue weighted by Crippen LogP contribution is -2.30. The SMILES string of the molecule is CC.CC.CCc1ccc(CN2CCCCC2)c(C(F)(F)F)c1C(C)C.Cc1ccc(CN2CCCCC2)c(Cc2cc(CN3CCCCC3)cc(Cl)c2C(C)C)c1C(C)C. The Morgan fingerprint density at radius 3 is 1.41 bits per heavy atom. The molecule has 3 aliphatic heterocycles. The van der Waals surface area contributed by atoms with Crippen LogP contribution in [-0.4, -0.2) is 54.0 Å². The fourth-order valence-corrected chi connectivity index (χ4v) is 10.5. The van der Waals surface area contributed by atoms with Crippen molar-refractivity contribution < 1.29 is 13.2 Å². The maximum atomic E-state index is 13.7. The molecule has 0 radical (unpaired) electrons. The Morgan fingerprint density at radius 2 is 0.967 bits per heavy atom. The number of piperidine rings is 3. The van der Waals surface area contributed by atoms with Crippen LogP contribution in [0.15, 0.2) is 36.4 Å². The smallest absolute Gasteiger partial charge is 0.299 e. The second-order valence-corrected chi connectivity index (χ2v) is 18.7. The minimum absolute atomic E-state index is 0.118. The van der Waals surface area contributed by atoms with Gasteiger partial charge in [0.05, 0.1) is 5.56 Å². The highest BCUT2D eigenvalue weighted by atomic mass is 35.5. The van der Waals surface area contributed by atoms with Crippen molar-refractivity contribution in [3.8, 4) is 0 Å². The van der Waals surface area contributed by atoms with E-state index >= 15 is 0 Å². The molecule has 3 fully saturated rings. The molecular formula is C54H85ClF3N3. The van der Waals surface area contributed by atoms with Gasteiger partial charge in [0, 0.05) is 24.7 Å². The van der Waals surface area contributed by atoms with Crippen molar-refractivity contribution >= 4 is 11.6 Å². The predicted molar refractivity (Wildman–Crippen MR) is 259 cm³/mol. The Labute approximate surface area is 377 Å². The van der Waals surface area contributed by atoms with Crippen LogP contribution in [0.25, 0.3) is 0 Å². The molecule has 0 amide bonds. The summed E-state index contributed by atoms with van der Waals surface area (Å²) in [5.41, 5.74) is 11.6. The molecule has 0 spiro atoms. The van der Waals surface area contributed by atoms with Crippen LogP contribution >= 0.6 is 11.6 Å². The number of hydrogen-bond acceptors (Lipinski definition) is 3. The van der Waals surface area contributed by atoms with Crippen molar-refractivity contribution in [3.05, 3.63) is 103 Å². The monoisotopic (exact) mass is 868 g/mol. The zero-order chi connectivity index (χ0) is 45.3. The first-order chi connectivity index (χ1) is 29.2. The van der Waals surface area contributed by atoms with Gasteiger partial charge in [0.2, 0.25) is 0 Å². The average molecular weight is 869 g/mol. The molecule has 3 aliphatic rings. The van der Waals surface area contributed by atoms with Crippen molar-refractivity contribution in [2.24, 2.45) is 0 Å². The van der Waals surface area contributed by atoms with Gasteiger partial charge in [-0.15, -0.1) is 0 Å². The van der Waals surface area contributed by atoms with E-state index in [4.69, 9.17) is 11.6 Å². The predicted octanol–water partition coefficient (Wildman–Crippen LogP) is 15.9. The van der Waals surface area contributed by atoms with Crippen LogP contribution in [0.4, 0.5) is 13.2 Å². The topological polar surface area (TPSA) is 9.72 Å². The molecule has 0 unspecified atom stereocenters. The van der Waals surface area contributed by atoms with Crippen LogP contribution < -0.4 is 0 Å². The van der Waals surface area contributed by atoms with Crippen LogP contribution in [0.2, 0.25) is 5.02 Å². The van der Waals surface area contributed by atoms with E-state index in [1.807, 2.05) is 54.5 Å². The van der Waals surface area contributed by atoms with Gasteiger partial charge in [-0.25, -0.2) is 0 Å². The Morgan fingerprint density at radius 1 is 0.541 bits per heavy atom. The summed E-state index contributed by atoms with van der Waals surface area (Å²) in [4.78, 5) is 7.44. The fraction of sp³-hybridized carbons (Fsp3) is 0.667. The molecule has 3 heterocycles. The Bertz CT molecular complexity index is 1730. The lowest BCUT2D eigenvalue weighted by molar-refractivity contribution is -0.139. The summed E-state index contributed by atoms with van der Waals surface area (Å²) in [6.07, 6.45) is 8.79. The minimum atomic E-state index is -4.28. The third-order valence-corrected chi connectivity index (χ3v) is 13.0. The van der Waals surface area contributed by atoms with Gasteiger partial charge in [-0.3, -0.25) is 14.7 Å². The van der Waals surface area contributed by atoms with Crippen LogP contribution in [0.3, 0.4) is 0 Å². The van der Waals surface area contributed by atoms with Crippen molar-refractivity contribution in [1.82, 2.24) is 14.7 Å². The molecule has 3 aromatic rings. The van der Waals surface area contributed by atoms with E-state index in [2.05, 4.69) is 73.6 Å². The molecule has 0 atom stereocenters.